The van der Waals surface area contributed by atoms with Crippen molar-refractivity contribution in [2.75, 3.05) is 6.61 Å². The molecule has 0 unspecified atom stereocenters. The van der Waals surface area contributed by atoms with Crippen molar-refractivity contribution < 1.29 is 14.2 Å². The minimum atomic E-state index is 0.518. The summed E-state index contributed by atoms with van der Waals surface area (Å²) in [7, 11) is 0. The van der Waals surface area contributed by atoms with Gasteiger partial charge >= 0.3 is 0 Å². The Morgan fingerprint density at radius 2 is 1.10 bits per heavy atom. The zero-order valence-electron chi connectivity index (χ0n) is 22.6. The van der Waals surface area contributed by atoms with Gasteiger partial charge in [-0.05, 0) is 58.5 Å². The zero-order valence-corrected chi connectivity index (χ0v) is 22.6. The minimum Gasteiger partial charge on any atom is -0.489 e. The third kappa shape index (κ3) is 8.20. The van der Waals surface area contributed by atoms with E-state index in [1.807, 2.05) is 66.7 Å². The highest BCUT2D eigenvalue weighted by molar-refractivity contribution is 5.71. The van der Waals surface area contributed by atoms with E-state index in [2.05, 4.69) is 78.9 Å². The zero-order chi connectivity index (χ0) is 27.2. The molecule has 0 saturated carbocycles. The van der Waals surface area contributed by atoms with E-state index in [0.717, 1.165) is 45.7 Å². The lowest BCUT2D eigenvalue weighted by molar-refractivity contribution is 0.125. The Kier molecular flexibility index (Phi) is 9.80. The van der Waals surface area contributed by atoms with Gasteiger partial charge in [-0.3, -0.25) is 0 Å². The van der Waals surface area contributed by atoms with E-state index in [9.17, 15) is 0 Å². The summed E-state index contributed by atoms with van der Waals surface area (Å²) in [6, 6.07) is 45.3. The van der Waals surface area contributed by atoms with E-state index in [1.54, 1.807) is 0 Å². The fraction of sp³-hybridized carbons (Fsp3) is 0.135. The van der Waals surface area contributed by atoms with Crippen molar-refractivity contribution in [2.45, 2.75) is 26.2 Å². The van der Waals surface area contributed by atoms with Gasteiger partial charge in [0.15, 0.2) is 0 Å². The van der Waals surface area contributed by atoms with Crippen molar-refractivity contribution in [1.29, 1.82) is 0 Å². The third-order valence-electron chi connectivity index (χ3n) is 6.50. The summed E-state index contributed by atoms with van der Waals surface area (Å²) in [6.45, 7) is 2.34. The van der Waals surface area contributed by atoms with Crippen molar-refractivity contribution in [3.63, 3.8) is 0 Å². The summed E-state index contributed by atoms with van der Waals surface area (Å²) in [5, 5.41) is 0. The van der Waals surface area contributed by atoms with Crippen LogP contribution in [0.25, 0.3) is 17.2 Å². The first kappa shape index (κ1) is 27.0. The molecule has 200 valence electrons. The van der Waals surface area contributed by atoms with Gasteiger partial charge in [-0.2, -0.15) is 0 Å². The quantitative estimate of drug-likeness (QED) is 0.143. The molecule has 5 aromatic carbocycles. The molecule has 0 amide bonds. The van der Waals surface area contributed by atoms with E-state index in [4.69, 9.17) is 14.2 Å². The molecule has 3 heteroatoms. The van der Waals surface area contributed by atoms with Crippen LogP contribution < -0.4 is 9.47 Å². The highest BCUT2D eigenvalue weighted by Gasteiger charge is 2.07. The molecule has 0 aromatic heterocycles. The second-order valence-electron chi connectivity index (χ2n) is 9.56. The average Bonchev–Trinajstić information content (AvgIpc) is 3.02. The topological polar surface area (TPSA) is 27.7 Å². The molecule has 3 nitrogen and oxygen atoms in total. The molecule has 0 radical (unpaired) electrons. The Labute approximate surface area is 237 Å². The largest absolute Gasteiger partial charge is 0.489 e. The summed E-state index contributed by atoms with van der Waals surface area (Å²) in [5.74, 6) is 1.70. The SMILES string of the molecule is C(=C\c1cc(-c2cccc(OCc3ccccc3)c2)ccc1OCc1ccccc1)/CCOCc1ccccc1. The molecule has 40 heavy (non-hydrogen) atoms. The van der Waals surface area contributed by atoms with Crippen LogP contribution in [-0.2, 0) is 24.6 Å². The fourth-order valence-corrected chi connectivity index (χ4v) is 4.36. The van der Waals surface area contributed by atoms with Gasteiger partial charge in [0.2, 0.25) is 0 Å². The third-order valence-corrected chi connectivity index (χ3v) is 6.50. The van der Waals surface area contributed by atoms with Crippen LogP contribution in [0.4, 0.5) is 0 Å². The minimum absolute atomic E-state index is 0.518. The molecule has 0 atom stereocenters. The van der Waals surface area contributed by atoms with E-state index in [0.29, 0.717) is 26.4 Å². The normalized spacial score (nSPS) is 11.0. The predicted octanol–water partition coefficient (Wildman–Crippen LogP) is 9.13. The van der Waals surface area contributed by atoms with E-state index >= 15 is 0 Å². The Bertz CT molecular complexity index is 1480. The number of rotatable bonds is 13. The van der Waals surface area contributed by atoms with Gasteiger partial charge in [-0.15, -0.1) is 0 Å². The second kappa shape index (κ2) is 14.5. The smallest absolute Gasteiger partial charge is 0.127 e. The molecule has 0 aliphatic carbocycles. The van der Waals surface area contributed by atoms with Crippen molar-refractivity contribution in [2.24, 2.45) is 0 Å². The number of hydrogen-bond donors (Lipinski definition) is 0. The van der Waals surface area contributed by atoms with E-state index in [1.165, 1.54) is 5.56 Å². The Morgan fingerprint density at radius 3 is 1.77 bits per heavy atom. The summed E-state index contributed by atoms with van der Waals surface area (Å²) in [6.07, 6.45) is 5.10. The lowest BCUT2D eigenvalue weighted by Gasteiger charge is -2.13. The standard InChI is InChI=1S/C37H34O3/c1-4-13-30(14-5-1)27-38-24-11-10-19-35-25-34(22-23-37(35)40-29-32-17-8-3-9-18-32)33-20-12-21-36(26-33)39-28-31-15-6-2-7-16-31/h1-10,12-23,25-26H,11,24,27-29H2/b19-10+. The number of hydrogen-bond acceptors (Lipinski definition) is 3. The molecule has 0 fully saturated rings. The molecule has 0 aliphatic rings. The Hall–Kier alpha value is -4.60. The number of benzene rings is 5. The van der Waals surface area contributed by atoms with Gasteiger partial charge in [0, 0.05) is 5.56 Å². The summed E-state index contributed by atoms with van der Waals surface area (Å²) < 4.78 is 18.2. The van der Waals surface area contributed by atoms with Crippen LogP contribution in [0.5, 0.6) is 11.5 Å². The molecule has 0 saturated heterocycles. The maximum atomic E-state index is 6.25. The number of ether oxygens (including phenoxy) is 3. The lowest BCUT2D eigenvalue weighted by atomic mass is 10.0. The molecule has 5 aromatic rings. The monoisotopic (exact) mass is 526 g/mol. The Balaban J connectivity index is 1.28. The van der Waals surface area contributed by atoms with Crippen molar-refractivity contribution in [3.05, 3.63) is 162 Å². The first-order valence-electron chi connectivity index (χ1n) is 13.7. The van der Waals surface area contributed by atoms with Crippen LogP contribution in [0, 0.1) is 0 Å². The van der Waals surface area contributed by atoms with Gasteiger partial charge in [0.05, 0.1) is 13.2 Å². The fourth-order valence-electron chi connectivity index (χ4n) is 4.36. The summed E-state index contributed by atoms with van der Waals surface area (Å²) in [4.78, 5) is 0. The molecular formula is C37H34O3. The van der Waals surface area contributed by atoms with Gasteiger partial charge in [-0.25, -0.2) is 0 Å². The summed E-state index contributed by atoms with van der Waals surface area (Å²) in [5.41, 5.74) is 6.71. The molecule has 0 aliphatic heterocycles. The van der Waals surface area contributed by atoms with E-state index in [-0.39, 0.29) is 0 Å². The maximum absolute atomic E-state index is 6.25. The molecule has 0 bridgehead atoms. The van der Waals surface area contributed by atoms with Gasteiger partial charge in [-0.1, -0.05) is 121 Å². The lowest BCUT2D eigenvalue weighted by Crippen LogP contribution is -1.97. The highest BCUT2D eigenvalue weighted by Crippen LogP contribution is 2.30. The van der Waals surface area contributed by atoms with E-state index < -0.39 is 0 Å². The van der Waals surface area contributed by atoms with Crippen LogP contribution >= 0.6 is 0 Å². The van der Waals surface area contributed by atoms with Crippen LogP contribution in [0.1, 0.15) is 28.7 Å². The second-order valence-corrected chi connectivity index (χ2v) is 9.56. The van der Waals surface area contributed by atoms with Gasteiger partial charge in [0.1, 0.15) is 24.7 Å². The predicted molar refractivity (Wildman–Crippen MR) is 163 cm³/mol. The van der Waals surface area contributed by atoms with Crippen molar-refractivity contribution >= 4 is 6.08 Å². The first-order chi connectivity index (χ1) is 19.8. The molecule has 0 N–H and O–H groups in total. The average molecular weight is 527 g/mol. The van der Waals surface area contributed by atoms with Crippen molar-refractivity contribution in [3.8, 4) is 22.6 Å². The molecule has 5 rings (SSSR count). The Morgan fingerprint density at radius 1 is 0.500 bits per heavy atom. The highest BCUT2D eigenvalue weighted by atomic mass is 16.5. The van der Waals surface area contributed by atoms with Crippen LogP contribution in [0.3, 0.4) is 0 Å². The molecule has 0 heterocycles. The molecule has 0 spiro atoms. The van der Waals surface area contributed by atoms with Crippen molar-refractivity contribution in [1.82, 2.24) is 0 Å². The molecular weight excluding hydrogens is 492 g/mol. The van der Waals surface area contributed by atoms with Crippen LogP contribution in [0.15, 0.2) is 140 Å². The van der Waals surface area contributed by atoms with Crippen LogP contribution in [-0.4, -0.2) is 6.61 Å². The maximum Gasteiger partial charge on any atom is 0.127 e. The summed E-state index contributed by atoms with van der Waals surface area (Å²) >= 11 is 0. The first-order valence-corrected chi connectivity index (χ1v) is 13.7. The van der Waals surface area contributed by atoms with Crippen LogP contribution in [0.2, 0.25) is 0 Å². The van der Waals surface area contributed by atoms with Gasteiger partial charge in [0.25, 0.3) is 0 Å². The van der Waals surface area contributed by atoms with Gasteiger partial charge < -0.3 is 14.2 Å².